The number of alkyl halides is 2. The lowest BCUT2D eigenvalue weighted by atomic mass is 9.67. The van der Waals surface area contributed by atoms with Gasteiger partial charge < -0.3 is 34.3 Å². The maximum atomic E-state index is 13.9. The van der Waals surface area contributed by atoms with Crippen molar-refractivity contribution >= 4 is 37.8 Å². The molecule has 45 heavy (non-hydrogen) atoms. The van der Waals surface area contributed by atoms with Crippen LogP contribution in [0.25, 0.3) is 0 Å². The minimum atomic E-state index is -3.16. The number of carbonyl (C=O) groups excluding carboxylic acids is 5. The van der Waals surface area contributed by atoms with E-state index in [0.717, 1.165) is 18.2 Å². The first-order valence-electron chi connectivity index (χ1n) is 14.4. The van der Waals surface area contributed by atoms with Crippen LogP contribution in [0.1, 0.15) is 47.0 Å². The predicted octanol–water partition coefficient (Wildman–Crippen LogP) is 2.43. The standard InChI is InChI=1S/C30H45BF2N2O10/c1-8-22(36)41-15-29(16-42-23(37)9-2,17-43-24(38)10-3)18-44-25(39)13-34-28(7)12-21(11-27(5,6)14-28)35-26(40)45-19-30(32,33)20(4)31/h8-10,20-21,34H,1-3,11-19,31H2,4-7H3,(H,35,40). The predicted molar refractivity (Wildman–Crippen MR) is 162 cm³/mol. The van der Waals surface area contributed by atoms with Crippen LogP contribution < -0.4 is 10.6 Å². The van der Waals surface area contributed by atoms with Crippen LogP contribution in [-0.2, 0) is 42.9 Å². The molecule has 0 radical (unpaired) electrons. The van der Waals surface area contributed by atoms with Gasteiger partial charge in [-0.1, -0.05) is 40.5 Å². The molecule has 15 heteroatoms. The highest BCUT2D eigenvalue weighted by Gasteiger charge is 2.43. The van der Waals surface area contributed by atoms with Gasteiger partial charge in [-0.05, 0) is 37.4 Å². The number of nitrogens with one attached hydrogen (secondary N) is 2. The summed E-state index contributed by atoms with van der Waals surface area (Å²) in [7, 11) is 1.33. The van der Waals surface area contributed by atoms with Crippen molar-refractivity contribution in [1.29, 1.82) is 0 Å². The number of rotatable bonds is 18. The minimum Gasteiger partial charge on any atom is -0.464 e. The average Bonchev–Trinajstić information content (AvgIpc) is 2.96. The molecule has 0 spiro atoms. The van der Waals surface area contributed by atoms with Crippen molar-refractivity contribution in [3.05, 3.63) is 38.0 Å². The van der Waals surface area contributed by atoms with Gasteiger partial charge in [-0.3, -0.25) is 4.79 Å². The van der Waals surface area contributed by atoms with E-state index in [1.165, 1.54) is 14.8 Å². The summed E-state index contributed by atoms with van der Waals surface area (Å²) < 4.78 is 53.4. The number of amides is 1. The molecule has 2 N–H and O–H groups in total. The molecule has 3 unspecified atom stereocenters. The van der Waals surface area contributed by atoms with Gasteiger partial charge in [0.05, 0.1) is 6.54 Å². The van der Waals surface area contributed by atoms with Gasteiger partial charge in [0.25, 0.3) is 5.92 Å². The van der Waals surface area contributed by atoms with Crippen molar-refractivity contribution in [2.75, 3.05) is 39.6 Å². The molecule has 0 aliphatic heterocycles. The number of halogens is 2. The summed E-state index contributed by atoms with van der Waals surface area (Å²) in [4.78, 5) is 60.5. The van der Waals surface area contributed by atoms with Crippen LogP contribution in [0.15, 0.2) is 38.0 Å². The van der Waals surface area contributed by atoms with Crippen LogP contribution in [0, 0.1) is 10.8 Å². The summed E-state index contributed by atoms with van der Waals surface area (Å²) >= 11 is 0. The monoisotopic (exact) mass is 642 g/mol. The molecule has 0 aromatic carbocycles. The van der Waals surface area contributed by atoms with Crippen molar-refractivity contribution in [3.63, 3.8) is 0 Å². The second-order valence-corrected chi connectivity index (χ2v) is 12.6. The van der Waals surface area contributed by atoms with E-state index < -0.39 is 91.7 Å². The number of esters is 4. The molecule has 3 atom stereocenters. The zero-order valence-electron chi connectivity index (χ0n) is 26.7. The van der Waals surface area contributed by atoms with Crippen molar-refractivity contribution in [2.24, 2.45) is 10.8 Å². The number of alkyl carbamates (subject to hydrolysis) is 1. The maximum Gasteiger partial charge on any atom is 0.407 e. The highest BCUT2D eigenvalue weighted by molar-refractivity contribution is 6.12. The molecule has 1 aliphatic rings. The number of hydrogen-bond donors (Lipinski definition) is 2. The fraction of sp³-hybridized carbons (Fsp3) is 0.633. The molecule has 0 saturated heterocycles. The van der Waals surface area contributed by atoms with Crippen LogP contribution in [0.4, 0.5) is 13.6 Å². The third-order valence-corrected chi connectivity index (χ3v) is 7.19. The number of hydrogen-bond acceptors (Lipinski definition) is 11. The van der Waals surface area contributed by atoms with E-state index in [0.29, 0.717) is 19.3 Å². The third kappa shape index (κ3) is 14.3. The summed E-state index contributed by atoms with van der Waals surface area (Å²) in [6.45, 7) is 13.9. The van der Waals surface area contributed by atoms with Crippen molar-refractivity contribution in [3.8, 4) is 0 Å². The molecule has 0 aromatic rings. The Morgan fingerprint density at radius 1 is 0.844 bits per heavy atom. The van der Waals surface area contributed by atoms with Gasteiger partial charge in [-0.2, -0.15) is 0 Å². The van der Waals surface area contributed by atoms with E-state index in [-0.39, 0.29) is 12.0 Å². The van der Waals surface area contributed by atoms with Crippen molar-refractivity contribution < 1.29 is 56.4 Å². The van der Waals surface area contributed by atoms with Gasteiger partial charge in [0, 0.05) is 29.8 Å². The van der Waals surface area contributed by atoms with E-state index in [4.69, 9.17) is 23.7 Å². The fourth-order valence-electron chi connectivity index (χ4n) is 4.93. The Balaban J connectivity index is 2.95. The zero-order valence-corrected chi connectivity index (χ0v) is 26.7. The summed E-state index contributed by atoms with van der Waals surface area (Å²) in [6.07, 6.45) is 3.26. The van der Waals surface area contributed by atoms with Gasteiger partial charge in [-0.15, -0.1) is 0 Å². The third-order valence-electron chi connectivity index (χ3n) is 7.19. The minimum absolute atomic E-state index is 0.286. The average molecular weight is 643 g/mol. The van der Waals surface area contributed by atoms with Crippen LogP contribution in [0.5, 0.6) is 0 Å². The molecule has 1 amide bonds. The van der Waals surface area contributed by atoms with E-state index in [2.05, 4.69) is 30.4 Å². The highest BCUT2D eigenvalue weighted by atomic mass is 19.3. The molecule has 0 bridgehead atoms. The number of carbonyl (C=O) groups is 5. The van der Waals surface area contributed by atoms with Crippen LogP contribution in [0.3, 0.4) is 0 Å². The first-order valence-corrected chi connectivity index (χ1v) is 14.4. The highest BCUT2D eigenvalue weighted by Crippen LogP contribution is 2.41. The molecular weight excluding hydrogens is 597 g/mol. The molecular formula is C30H45BF2N2O10. The van der Waals surface area contributed by atoms with Gasteiger partial charge in [-0.25, -0.2) is 28.0 Å². The molecule has 1 fully saturated rings. The van der Waals surface area contributed by atoms with E-state index >= 15 is 0 Å². The summed E-state index contributed by atoms with van der Waals surface area (Å²) in [5.41, 5.74) is -2.47. The largest absolute Gasteiger partial charge is 0.464 e. The topological polar surface area (TPSA) is 156 Å². The molecule has 1 rings (SSSR count). The fourth-order valence-corrected chi connectivity index (χ4v) is 4.93. The first-order chi connectivity index (χ1) is 20.8. The van der Waals surface area contributed by atoms with Gasteiger partial charge in [0.1, 0.15) is 39.7 Å². The molecule has 0 heterocycles. The van der Waals surface area contributed by atoms with E-state index in [1.54, 1.807) is 0 Å². The molecule has 12 nitrogen and oxygen atoms in total. The SMILES string of the molecule is BC(C)C(F)(F)COC(=O)NC1CC(C)(C)CC(C)(NCC(=O)OCC(COC(=O)C=C)(COC(=O)C=C)COC(=O)C=C)C1. The molecule has 252 valence electrons. The lowest BCUT2D eigenvalue weighted by Crippen LogP contribution is -2.57. The van der Waals surface area contributed by atoms with Crippen LogP contribution >= 0.6 is 0 Å². The lowest BCUT2D eigenvalue weighted by molar-refractivity contribution is -0.166. The second-order valence-electron chi connectivity index (χ2n) is 12.6. The Morgan fingerprint density at radius 2 is 1.31 bits per heavy atom. The van der Waals surface area contributed by atoms with Crippen LogP contribution in [-0.4, -0.2) is 94.9 Å². The Bertz CT molecular complexity index is 1050. The Labute approximate surface area is 263 Å². The zero-order chi connectivity index (χ0) is 34.5. The summed E-state index contributed by atoms with van der Waals surface area (Å²) in [6, 6.07) is -0.436. The summed E-state index contributed by atoms with van der Waals surface area (Å²) in [5.74, 6) is -7.33. The summed E-state index contributed by atoms with van der Waals surface area (Å²) in [5, 5.41) is 5.82. The molecule has 1 aliphatic carbocycles. The number of ether oxygens (including phenoxy) is 5. The Morgan fingerprint density at radius 3 is 1.76 bits per heavy atom. The Kier molecular flexibility index (Phi) is 14.9. The normalized spacial score (nSPS) is 20.0. The van der Waals surface area contributed by atoms with Gasteiger partial charge >= 0.3 is 30.0 Å². The second kappa shape index (κ2) is 17.1. The van der Waals surface area contributed by atoms with Gasteiger partial charge in [0.2, 0.25) is 0 Å². The van der Waals surface area contributed by atoms with Crippen LogP contribution in [0.2, 0.25) is 5.82 Å². The Hall–Kier alpha value is -3.75. The first kappa shape index (κ1) is 39.3. The van der Waals surface area contributed by atoms with E-state index in [9.17, 15) is 32.8 Å². The van der Waals surface area contributed by atoms with E-state index in [1.807, 2.05) is 20.8 Å². The maximum absolute atomic E-state index is 13.9. The van der Waals surface area contributed by atoms with Gasteiger partial charge in [0.15, 0.2) is 6.61 Å². The molecule has 0 aromatic heterocycles. The van der Waals surface area contributed by atoms with Crippen molar-refractivity contribution in [1.82, 2.24) is 10.6 Å². The van der Waals surface area contributed by atoms with Crippen molar-refractivity contribution in [2.45, 2.75) is 70.3 Å². The smallest absolute Gasteiger partial charge is 0.407 e. The quantitative estimate of drug-likeness (QED) is 0.0981. The lowest BCUT2D eigenvalue weighted by Gasteiger charge is -2.47. The molecule has 1 saturated carbocycles.